The van der Waals surface area contributed by atoms with Gasteiger partial charge in [0.25, 0.3) is 5.91 Å². The standard InChI is InChI=1S/C39H40ClN6O4P/c1-45(2)51(40,48)49-25-33-23-32(39(29-17-9-4-10-18-29,30-19-11-5-12-20-30)31-21-13-6-14-22-31)24-34(50-33)46-27-43-35-36(41-26-42-37(35)46)44-38(47)28-15-7-3-8-16-28/h3-22,26-27,32-35,37H,23-25H2,1-2H3,(H,41,42,44,47)/t32?,33-,34+,35?,37?,51?/m0/s1. The van der Waals surface area contributed by atoms with Crippen molar-refractivity contribution in [1.82, 2.24) is 14.9 Å². The van der Waals surface area contributed by atoms with E-state index in [0.29, 0.717) is 24.2 Å². The van der Waals surface area contributed by atoms with Crippen molar-refractivity contribution in [2.45, 2.75) is 42.8 Å². The predicted molar refractivity (Wildman–Crippen MR) is 201 cm³/mol. The number of benzene rings is 4. The first-order valence-corrected chi connectivity index (χ1v) is 19.5. The van der Waals surface area contributed by atoms with Crippen molar-refractivity contribution in [1.29, 1.82) is 0 Å². The quantitative estimate of drug-likeness (QED) is 0.140. The van der Waals surface area contributed by atoms with Crippen molar-refractivity contribution < 1.29 is 18.6 Å². The molecule has 1 fully saturated rings. The Morgan fingerprint density at radius 3 is 1.98 bits per heavy atom. The van der Waals surface area contributed by atoms with E-state index in [4.69, 9.17) is 30.5 Å². The van der Waals surface area contributed by atoms with Crippen LogP contribution >= 0.6 is 18.1 Å². The van der Waals surface area contributed by atoms with Crippen molar-refractivity contribution in [2.75, 3.05) is 20.7 Å². The van der Waals surface area contributed by atoms with Gasteiger partial charge in [0.05, 0.1) is 19.0 Å². The van der Waals surface area contributed by atoms with E-state index in [0.717, 1.165) is 16.7 Å². The van der Waals surface area contributed by atoms with Gasteiger partial charge in [-0.1, -0.05) is 109 Å². The molecular formula is C39H40ClN6O4P. The van der Waals surface area contributed by atoms with E-state index in [2.05, 4.69) is 83.1 Å². The summed E-state index contributed by atoms with van der Waals surface area (Å²) in [5, 5.41) is 2.95. The predicted octanol–water partition coefficient (Wildman–Crippen LogP) is 6.98. The number of ether oxygens (including phenoxy) is 1. The van der Waals surface area contributed by atoms with Gasteiger partial charge in [0.1, 0.15) is 18.4 Å². The van der Waals surface area contributed by atoms with Crippen LogP contribution in [0.3, 0.4) is 0 Å². The van der Waals surface area contributed by atoms with Crippen molar-refractivity contribution in [3.05, 3.63) is 144 Å². The van der Waals surface area contributed by atoms with Crippen molar-refractivity contribution in [3.63, 3.8) is 0 Å². The molecule has 3 heterocycles. The average Bonchev–Trinajstić information content (AvgIpc) is 3.61. The molecule has 262 valence electrons. The monoisotopic (exact) mass is 722 g/mol. The molecule has 1 saturated heterocycles. The van der Waals surface area contributed by atoms with Crippen LogP contribution in [-0.4, -0.2) is 79.2 Å². The minimum atomic E-state index is -3.58. The van der Waals surface area contributed by atoms with Crippen LogP contribution < -0.4 is 5.32 Å². The zero-order valence-corrected chi connectivity index (χ0v) is 30.1. The molecule has 4 aromatic rings. The lowest BCUT2D eigenvalue weighted by atomic mass is 9.59. The van der Waals surface area contributed by atoms with E-state index in [1.165, 1.54) is 11.0 Å². The lowest BCUT2D eigenvalue weighted by molar-refractivity contribution is -0.144. The maximum Gasteiger partial charge on any atom is 0.362 e. The second-order valence-electron chi connectivity index (χ2n) is 13.1. The van der Waals surface area contributed by atoms with Gasteiger partial charge < -0.3 is 19.5 Å². The Kier molecular flexibility index (Phi) is 10.3. The van der Waals surface area contributed by atoms with Gasteiger partial charge in [-0.3, -0.25) is 14.4 Å². The minimum absolute atomic E-state index is 0.0165. The number of rotatable bonds is 10. The van der Waals surface area contributed by atoms with E-state index in [9.17, 15) is 9.36 Å². The highest BCUT2D eigenvalue weighted by atomic mass is 35.7. The summed E-state index contributed by atoms with van der Waals surface area (Å²) in [5.41, 5.74) is 3.36. The number of nitrogens with one attached hydrogen (secondary N) is 1. The van der Waals surface area contributed by atoms with Crippen molar-refractivity contribution >= 4 is 42.5 Å². The van der Waals surface area contributed by atoms with Gasteiger partial charge in [0.15, 0.2) is 12.2 Å². The molecule has 7 rings (SSSR count). The highest BCUT2D eigenvalue weighted by molar-refractivity contribution is 7.83. The van der Waals surface area contributed by atoms with Gasteiger partial charge in [-0.15, -0.1) is 0 Å². The fourth-order valence-corrected chi connectivity index (χ4v) is 8.19. The van der Waals surface area contributed by atoms with Crippen LogP contribution in [0.15, 0.2) is 136 Å². The summed E-state index contributed by atoms with van der Waals surface area (Å²) in [6, 6.07) is 40.1. The van der Waals surface area contributed by atoms with Crippen LogP contribution in [0.5, 0.6) is 0 Å². The van der Waals surface area contributed by atoms with E-state index in [1.54, 1.807) is 32.6 Å². The molecule has 4 aromatic carbocycles. The number of hydrogen-bond donors (Lipinski definition) is 1. The molecule has 4 unspecified atom stereocenters. The number of nitrogens with zero attached hydrogens (tertiary/aromatic N) is 5. The zero-order chi connectivity index (χ0) is 35.4. The van der Waals surface area contributed by atoms with Crippen LogP contribution in [-0.2, 0) is 19.2 Å². The number of carbonyl (C=O) groups is 1. The van der Waals surface area contributed by atoms with Gasteiger partial charge in [0, 0.05) is 11.0 Å². The van der Waals surface area contributed by atoms with Gasteiger partial charge in [-0.25, -0.2) is 14.7 Å². The molecule has 1 amide bonds. The Bertz CT molecular complexity index is 1850. The van der Waals surface area contributed by atoms with Crippen LogP contribution in [0.4, 0.5) is 0 Å². The molecule has 0 bridgehead atoms. The Hall–Kier alpha value is -4.44. The maximum atomic E-state index is 13.2. The molecule has 6 atom stereocenters. The first-order chi connectivity index (χ1) is 24.8. The number of aliphatic imine (C=N–C) groups is 3. The van der Waals surface area contributed by atoms with Crippen molar-refractivity contribution in [2.24, 2.45) is 20.9 Å². The van der Waals surface area contributed by atoms with Crippen molar-refractivity contribution in [3.8, 4) is 0 Å². The second-order valence-corrected chi connectivity index (χ2v) is 16.3. The van der Waals surface area contributed by atoms with Crippen LogP contribution in [0.1, 0.15) is 39.9 Å². The lowest BCUT2D eigenvalue weighted by Crippen LogP contribution is -2.55. The topological polar surface area (TPSA) is 108 Å². The summed E-state index contributed by atoms with van der Waals surface area (Å²) in [4.78, 5) is 29.1. The zero-order valence-electron chi connectivity index (χ0n) is 28.4. The summed E-state index contributed by atoms with van der Waals surface area (Å²) in [6.45, 7) is -3.56. The molecule has 0 spiro atoms. The van der Waals surface area contributed by atoms with E-state index in [-0.39, 0.29) is 18.4 Å². The third kappa shape index (κ3) is 7.07. The average molecular weight is 723 g/mol. The third-order valence-electron chi connectivity index (χ3n) is 9.84. The summed E-state index contributed by atoms with van der Waals surface area (Å²) >= 11 is 6.37. The molecule has 0 saturated carbocycles. The van der Waals surface area contributed by atoms with Gasteiger partial charge in [-0.05, 0) is 72.9 Å². The van der Waals surface area contributed by atoms with Gasteiger partial charge in [-0.2, -0.15) is 0 Å². The third-order valence-corrected chi connectivity index (χ3v) is 12.5. The number of amidine groups is 1. The van der Waals surface area contributed by atoms with E-state index in [1.807, 2.05) is 41.3 Å². The summed E-state index contributed by atoms with van der Waals surface area (Å²) in [5.74, 6) is 0.0983. The Balaban J connectivity index is 1.27. The minimum Gasteiger partial charge on any atom is -0.353 e. The molecule has 12 heteroatoms. The maximum absolute atomic E-state index is 13.2. The molecular weight excluding hydrogens is 683 g/mol. The summed E-state index contributed by atoms with van der Waals surface area (Å²) < 4.78 is 27.3. The normalized spacial score (nSPS) is 24.1. The summed E-state index contributed by atoms with van der Waals surface area (Å²) in [7, 11) is 3.26. The molecule has 3 aliphatic heterocycles. The summed E-state index contributed by atoms with van der Waals surface area (Å²) in [6.07, 6.45) is 2.89. The van der Waals surface area contributed by atoms with Crippen LogP contribution in [0, 0.1) is 5.92 Å². The van der Waals surface area contributed by atoms with Crippen LogP contribution in [0.25, 0.3) is 0 Å². The molecule has 10 nitrogen and oxygen atoms in total. The smallest absolute Gasteiger partial charge is 0.353 e. The highest BCUT2D eigenvalue weighted by Gasteiger charge is 2.51. The molecule has 0 aromatic heterocycles. The van der Waals surface area contributed by atoms with E-state index < -0.39 is 36.8 Å². The second kappa shape index (κ2) is 15.0. The molecule has 0 radical (unpaired) electrons. The largest absolute Gasteiger partial charge is 0.362 e. The fourth-order valence-electron chi connectivity index (χ4n) is 7.44. The number of amides is 1. The SMILES string of the molecule is CN(C)P(=O)(Cl)OC[C@@H]1CC(C(c2ccccc2)(c2ccccc2)c2ccccc2)C[C@H](N2C=NC3C(NC(=O)c4ccccc4)=NC=NC32)O1. The molecule has 51 heavy (non-hydrogen) atoms. The fraction of sp³-hybridized carbons (Fsp3) is 0.282. The molecule has 0 aliphatic carbocycles. The van der Waals surface area contributed by atoms with Gasteiger partial charge >= 0.3 is 6.87 Å². The number of carbonyl (C=O) groups excluding carboxylic acids is 1. The number of halogens is 1. The molecule has 3 aliphatic rings. The number of hydrogen-bond acceptors (Lipinski definition) is 8. The first-order valence-electron chi connectivity index (χ1n) is 17.0. The molecule has 1 N–H and O–H groups in total. The highest BCUT2D eigenvalue weighted by Crippen LogP contribution is 2.55. The van der Waals surface area contributed by atoms with E-state index >= 15 is 0 Å². The number of fused-ring (bicyclic) bond motifs is 1. The van der Waals surface area contributed by atoms with Gasteiger partial charge in [0.2, 0.25) is 0 Å². The first kappa shape index (κ1) is 35.0. The lowest BCUT2D eigenvalue weighted by Gasteiger charge is -2.49. The van der Waals surface area contributed by atoms with Crippen LogP contribution in [0.2, 0.25) is 0 Å². The Labute approximate surface area is 303 Å². The Morgan fingerprint density at radius 1 is 0.882 bits per heavy atom. The Morgan fingerprint density at radius 2 is 1.43 bits per heavy atom.